The van der Waals surface area contributed by atoms with Gasteiger partial charge in [0.05, 0.1) is 10.7 Å². The third-order valence-electron chi connectivity index (χ3n) is 4.35. The van der Waals surface area contributed by atoms with Crippen LogP contribution in [0, 0.1) is 13.8 Å². The normalized spacial score (nSPS) is 11.5. The van der Waals surface area contributed by atoms with Gasteiger partial charge in [0.15, 0.2) is 6.10 Å². The number of amides is 1. The number of nitrogens with one attached hydrogen (secondary N) is 1. The molecule has 1 N–H and O–H groups in total. The first-order valence-electron chi connectivity index (χ1n) is 9.54. The average molecular weight is 458 g/mol. The molecule has 1 unspecified atom stereocenters. The van der Waals surface area contributed by atoms with Gasteiger partial charge in [0, 0.05) is 10.6 Å². The minimum atomic E-state index is -0.797. The number of carbonyl (C=O) groups excluding carboxylic acids is 2. The molecular weight excluding hydrogens is 437 g/mol. The summed E-state index contributed by atoms with van der Waals surface area (Å²) in [5.41, 5.74) is 2.87. The predicted molar refractivity (Wildman–Crippen MR) is 122 cm³/mol. The fourth-order valence-corrected chi connectivity index (χ4v) is 3.25. The van der Waals surface area contributed by atoms with Gasteiger partial charge >= 0.3 is 5.97 Å². The number of esters is 1. The number of rotatable bonds is 6. The lowest BCUT2D eigenvalue weighted by atomic mass is 10.1. The second-order valence-electron chi connectivity index (χ2n) is 7.11. The third-order valence-corrected chi connectivity index (χ3v) is 4.92. The lowest BCUT2D eigenvalue weighted by molar-refractivity contribution is -0.141. The van der Waals surface area contributed by atoms with Crippen molar-refractivity contribution in [2.75, 3.05) is 5.32 Å². The van der Waals surface area contributed by atoms with Crippen LogP contribution in [0.5, 0.6) is 11.5 Å². The molecule has 1 atom stereocenters. The van der Waals surface area contributed by atoms with Crippen molar-refractivity contribution in [2.24, 2.45) is 0 Å². The van der Waals surface area contributed by atoms with E-state index < -0.39 is 12.1 Å². The maximum atomic E-state index is 12.4. The molecule has 1 amide bonds. The van der Waals surface area contributed by atoms with Crippen LogP contribution in [0.1, 0.15) is 28.4 Å². The van der Waals surface area contributed by atoms with E-state index in [-0.39, 0.29) is 5.91 Å². The first-order chi connectivity index (χ1) is 14.7. The van der Waals surface area contributed by atoms with E-state index >= 15 is 0 Å². The molecule has 31 heavy (non-hydrogen) atoms. The summed E-state index contributed by atoms with van der Waals surface area (Å²) in [6, 6.07) is 16.7. The molecule has 0 saturated heterocycles. The number of hydrogen-bond acceptors (Lipinski definition) is 4. The van der Waals surface area contributed by atoms with Crippen LogP contribution in [0.25, 0.3) is 0 Å². The van der Waals surface area contributed by atoms with E-state index in [0.717, 1.165) is 11.1 Å². The Morgan fingerprint density at radius 2 is 1.52 bits per heavy atom. The first kappa shape index (κ1) is 22.7. The van der Waals surface area contributed by atoms with Crippen molar-refractivity contribution < 1.29 is 19.1 Å². The van der Waals surface area contributed by atoms with Crippen LogP contribution in [-0.4, -0.2) is 18.0 Å². The van der Waals surface area contributed by atoms with Crippen LogP contribution < -0.4 is 14.8 Å². The van der Waals surface area contributed by atoms with Crippen LogP contribution in [0.3, 0.4) is 0 Å². The second kappa shape index (κ2) is 9.86. The van der Waals surface area contributed by atoms with Gasteiger partial charge in [0.25, 0.3) is 5.91 Å². The lowest BCUT2D eigenvalue weighted by Crippen LogP contribution is -2.28. The molecule has 3 aromatic carbocycles. The van der Waals surface area contributed by atoms with Gasteiger partial charge in [0.1, 0.15) is 11.5 Å². The van der Waals surface area contributed by atoms with Crippen LogP contribution in [0.2, 0.25) is 10.0 Å². The molecule has 160 valence electrons. The van der Waals surface area contributed by atoms with Crippen LogP contribution in [-0.2, 0) is 4.79 Å². The average Bonchev–Trinajstić information content (AvgIpc) is 2.70. The van der Waals surface area contributed by atoms with E-state index in [1.807, 2.05) is 32.0 Å². The molecule has 0 aliphatic carbocycles. The van der Waals surface area contributed by atoms with Gasteiger partial charge in [-0.05, 0) is 86.5 Å². The van der Waals surface area contributed by atoms with E-state index in [1.165, 1.54) is 12.1 Å². The Bertz CT molecular complexity index is 1090. The molecule has 0 aliphatic heterocycles. The van der Waals surface area contributed by atoms with Crippen molar-refractivity contribution in [3.05, 3.63) is 87.4 Å². The van der Waals surface area contributed by atoms with E-state index in [2.05, 4.69) is 5.32 Å². The molecule has 3 rings (SSSR count). The van der Waals surface area contributed by atoms with Crippen LogP contribution in [0.15, 0.2) is 60.7 Å². The Kier molecular flexibility index (Phi) is 7.21. The Morgan fingerprint density at radius 3 is 2.16 bits per heavy atom. The van der Waals surface area contributed by atoms with Gasteiger partial charge in [0.2, 0.25) is 0 Å². The highest BCUT2D eigenvalue weighted by molar-refractivity contribution is 6.35. The number of ether oxygens (including phenoxy) is 2. The molecule has 0 heterocycles. The Labute approximate surface area is 190 Å². The maximum absolute atomic E-state index is 12.4. The van der Waals surface area contributed by atoms with Crippen LogP contribution >= 0.6 is 23.2 Å². The topological polar surface area (TPSA) is 64.6 Å². The zero-order chi connectivity index (χ0) is 22.5. The molecule has 0 saturated carbocycles. The molecule has 0 radical (unpaired) electrons. The largest absolute Gasteiger partial charge is 0.479 e. The van der Waals surface area contributed by atoms with Crippen molar-refractivity contribution in [2.45, 2.75) is 26.9 Å². The van der Waals surface area contributed by atoms with Gasteiger partial charge in [-0.1, -0.05) is 29.3 Å². The molecular formula is C24H21Cl2NO4. The molecule has 7 heteroatoms. The minimum absolute atomic E-state index is 0.304. The summed E-state index contributed by atoms with van der Waals surface area (Å²) >= 11 is 12.0. The molecule has 0 aliphatic rings. The van der Waals surface area contributed by atoms with E-state index in [4.69, 9.17) is 32.7 Å². The van der Waals surface area contributed by atoms with Gasteiger partial charge < -0.3 is 14.8 Å². The molecule has 5 nitrogen and oxygen atoms in total. The Balaban J connectivity index is 1.61. The van der Waals surface area contributed by atoms with Crippen molar-refractivity contribution in [1.29, 1.82) is 0 Å². The number of aryl methyl sites for hydroxylation is 2. The van der Waals surface area contributed by atoms with Gasteiger partial charge in [-0.15, -0.1) is 0 Å². The quantitative estimate of drug-likeness (QED) is 0.351. The standard InChI is InChI=1S/C24H21Cl2NO4/c1-14-10-15(2)12-20(11-14)30-16(3)24(29)31-19-7-4-17(5-8-19)23(28)27-22-13-18(25)6-9-21(22)26/h4-13,16H,1-3H3,(H,27,28). The fourth-order valence-electron chi connectivity index (χ4n) is 2.91. The van der Waals surface area contributed by atoms with Crippen molar-refractivity contribution >= 4 is 40.8 Å². The number of benzene rings is 3. The highest BCUT2D eigenvalue weighted by atomic mass is 35.5. The molecule has 0 aromatic heterocycles. The monoisotopic (exact) mass is 457 g/mol. The number of carbonyl (C=O) groups is 2. The summed E-state index contributed by atoms with van der Waals surface area (Å²) in [4.78, 5) is 24.8. The molecule has 3 aromatic rings. The summed E-state index contributed by atoms with van der Waals surface area (Å²) in [5, 5.41) is 3.53. The highest BCUT2D eigenvalue weighted by Gasteiger charge is 2.18. The SMILES string of the molecule is Cc1cc(C)cc(OC(C)C(=O)Oc2ccc(C(=O)Nc3cc(Cl)ccc3Cl)cc2)c1. The van der Waals surface area contributed by atoms with Gasteiger partial charge in [-0.2, -0.15) is 0 Å². The smallest absolute Gasteiger partial charge is 0.352 e. The molecule has 0 bridgehead atoms. The summed E-state index contributed by atoms with van der Waals surface area (Å²) in [6.45, 7) is 5.54. The Hall–Kier alpha value is -3.02. The van der Waals surface area contributed by atoms with Crippen molar-refractivity contribution in [3.8, 4) is 11.5 Å². The molecule has 0 fully saturated rings. The van der Waals surface area contributed by atoms with Gasteiger partial charge in [-0.3, -0.25) is 4.79 Å². The van der Waals surface area contributed by atoms with E-state index in [0.29, 0.717) is 32.8 Å². The molecule has 0 spiro atoms. The third kappa shape index (κ3) is 6.23. The number of hydrogen-bond donors (Lipinski definition) is 1. The number of halogens is 2. The zero-order valence-electron chi connectivity index (χ0n) is 17.2. The zero-order valence-corrected chi connectivity index (χ0v) is 18.8. The fraction of sp³-hybridized carbons (Fsp3) is 0.167. The van der Waals surface area contributed by atoms with Crippen molar-refractivity contribution in [3.63, 3.8) is 0 Å². The van der Waals surface area contributed by atoms with Crippen LogP contribution in [0.4, 0.5) is 5.69 Å². The first-order valence-corrected chi connectivity index (χ1v) is 10.3. The lowest BCUT2D eigenvalue weighted by Gasteiger charge is -2.15. The summed E-state index contributed by atoms with van der Waals surface area (Å²) in [5.74, 6) is 0.00230. The summed E-state index contributed by atoms with van der Waals surface area (Å²) in [6.07, 6.45) is -0.797. The maximum Gasteiger partial charge on any atom is 0.352 e. The van der Waals surface area contributed by atoms with E-state index in [9.17, 15) is 9.59 Å². The van der Waals surface area contributed by atoms with Gasteiger partial charge in [-0.25, -0.2) is 4.79 Å². The number of anilines is 1. The predicted octanol–water partition coefficient (Wildman–Crippen LogP) is 6.24. The Morgan fingerprint density at radius 1 is 0.871 bits per heavy atom. The highest BCUT2D eigenvalue weighted by Crippen LogP contribution is 2.26. The summed E-state index contributed by atoms with van der Waals surface area (Å²) < 4.78 is 11.1. The van der Waals surface area contributed by atoms with Crippen molar-refractivity contribution in [1.82, 2.24) is 0 Å². The second-order valence-corrected chi connectivity index (χ2v) is 7.95. The minimum Gasteiger partial charge on any atom is -0.479 e. The van der Waals surface area contributed by atoms with E-state index in [1.54, 1.807) is 37.3 Å². The summed E-state index contributed by atoms with van der Waals surface area (Å²) in [7, 11) is 0.